The van der Waals surface area contributed by atoms with Crippen LogP contribution in [0.2, 0.25) is 0 Å². The van der Waals surface area contributed by atoms with Crippen molar-refractivity contribution < 1.29 is 4.92 Å². The standard InChI is InChI=1S/C9H18N2O2/c1-9(2,11(12)13)7-10(3)8-5-4-6-8/h8H,4-7H2,1-3H3. The Bertz CT molecular complexity index is 200. The van der Waals surface area contributed by atoms with Crippen molar-refractivity contribution in [2.75, 3.05) is 13.6 Å². The third-order valence-electron chi connectivity index (χ3n) is 2.83. The zero-order valence-electron chi connectivity index (χ0n) is 8.62. The van der Waals surface area contributed by atoms with E-state index in [0.29, 0.717) is 12.6 Å². The monoisotopic (exact) mass is 186 g/mol. The molecule has 4 heteroatoms. The molecule has 1 aliphatic carbocycles. The van der Waals surface area contributed by atoms with Crippen molar-refractivity contribution in [1.82, 2.24) is 4.90 Å². The number of rotatable bonds is 4. The van der Waals surface area contributed by atoms with E-state index in [1.54, 1.807) is 13.8 Å². The summed E-state index contributed by atoms with van der Waals surface area (Å²) in [5.74, 6) is 0. The molecule has 0 atom stereocenters. The zero-order chi connectivity index (χ0) is 10.1. The molecule has 0 aromatic heterocycles. The van der Waals surface area contributed by atoms with Gasteiger partial charge >= 0.3 is 0 Å². The van der Waals surface area contributed by atoms with Crippen LogP contribution in [0.15, 0.2) is 0 Å². The smallest absolute Gasteiger partial charge is 0.229 e. The first-order valence-corrected chi connectivity index (χ1v) is 4.78. The first kappa shape index (κ1) is 10.4. The van der Waals surface area contributed by atoms with Gasteiger partial charge < -0.3 is 0 Å². The van der Waals surface area contributed by atoms with Gasteiger partial charge in [-0.3, -0.25) is 15.0 Å². The van der Waals surface area contributed by atoms with Crippen molar-refractivity contribution >= 4 is 0 Å². The first-order chi connectivity index (χ1) is 5.93. The van der Waals surface area contributed by atoms with E-state index in [1.165, 1.54) is 19.3 Å². The van der Waals surface area contributed by atoms with Gasteiger partial charge in [0.25, 0.3) is 0 Å². The van der Waals surface area contributed by atoms with E-state index in [4.69, 9.17) is 0 Å². The Kier molecular flexibility index (Phi) is 2.91. The molecule has 0 heterocycles. The molecule has 0 aromatic rings. The van der Waals surface area contributed by atoms with Gasteiger partial charge in [-0.15, -0.1) is 0 Å². The first-order valence-electron chi connectivity index (χ1n) is 4.78. The largest absolute Gasteiger partial charge is 0.297 e. The fraction of sp³-hybridized carbons (Fsp3) is 1.00. The van der Waals surface area contributed by atoms with Gasteiger partial charge in [0.1, 0.15) is 0 Å². The van der Waals surface area contributed by atoms with Gasteiger partial charge in [-0.05, 0) is 19.9 Å². The summed E-state index contributed by atoms with van der Waals surface area (Å²) in [4.78, 5) is 12.6. The summed E-state index contributed by atoms with van der Waals surface area (Å²) < 4.78 is 0. The number of hydrogen-bond acceptors (Lipinski definition) is 3. The summed E-state index contributed by atoms with van der Waals surface area (Å²) in [5, 5.41) is 10.7. The lowest BCUT2D eigenvalue weighted by Gasteiger charge is -2.36. The maximum absolute atomic E-state index is 10.7. The van der Waals surface area contributed by atoms with Crippen molar-refractivity contribution in [3.05, 3.63) is 10.1 Å². The van der Waals surface area contributed by atoms with Crippen LogP contribution in [-0.2, 0) is 0 Å². The highest BCUT2D eigenvalue weighted by molar-refractivity contribution is 4.82. The van der Waals surface area contributed by atoms with E-state index < -0.39 is 5.54 Å². The predicted octanol–water partition coefficient (Wildman–Crippen LogP) is 1.53. The van der Waals surface area contributed by atoms with Crippen molar-refractivity contribution in [3.63, 3.8) is 0 Å². The summed E-state index contributed by atoms with van der Waals surface area (Å²) in [7, 11) is 1.98. The maximum atomic E-state index is 10.7. The van der Waals surface area contributed by atoms with Gasteiger partial charge in [0.05, 0.1) is 6.54 Å². The van der Waals surface area contributed by atoms with Gasteiger partial charge in [0, 0.05) is 24.8 Å². The van der Waals surface area contributed by atoms with Crippen LogP contribution < -0.4 is 0 Å². The molecule has 1 rings (SSSR count). The summed E-state index contributed by atoms with van der Waals surface area (Å²) in [6.45, 7) is 3.91. The molecule has 1 saturated carbocycles. The molecular formula is C9H18N2O2. The van der Waals surface area contributed by atoms with Gasteiger partial charge in [0.15, 0.2) is 0 Å². The molecule has 0 spiro atoms. The summed E-state index contributed by atoms with van der Waals surface area (Å²) in [5.41, 5.74) is -0.815. The van der Waals surface area contributed by atoms with Crippen molar-refractivity contribution in [1.29, 1.82) is 0 Å². The van der Waals surface area contributed by atoms with Crippen LogP contribution in [0.5, 0.6) is 0 Å². The third kappa shape index (κ3) is 2.40. The van der Waals surface area contributed by atoms with E-state index in [0.717, 1.165) is 0 Å². The quantitative estimate of drug-likeness (QED) is 0.494. The second-order valence-electron chi connectivity index (χ2n) is 4.57. The third-order valence-corrected chi connectivity index (χ3v) is 2.83. The summed E-state index contributed by atoms with van der Waals surface area (Å²) in [6.07, 6.45) is 3.67. The summed E-state index contributed by atoms with van der Waals surface area (Å²) in [6, 6.07) is 0.583. The van der Waals surface area contributed by atoms with Gasteiger partial charge in [-0.2, -0.15) is 0 Å². The second-order valence-corrected chi connectivity index (χ2v) is 4.57. The molecule has 1 fully saturated rings. The molecule has 0 N–H and O–H groups in total. The van der Waals surface area contributed by atoms with Crippen LogP contribution in [0.1, 0.15) is 33.1 Å². The zero-order valence-corrected chi connectivity index (χ0v) is 8.62. The second kappa shape index (κ2) is 3.62. The van der Waals surface area contributed by atoms with E-state index in [9.17, 15) is 10.1 Å². The Morgan fingerprint density at radius 3 is 2.38 bits per heavy atom. The van der Waals surface area contributed by atoms with Crippen LogP contribution in [0.3, 0.4) is 0 Å². The predicted molar refractivity (Wildman–Crippen MR) is 51.3 cm³/mol. The van der Waals surface area contributed by atoms with Crippen molar-refractivity contribution in [3.8, 4) is 0 Å². The molecule has 1 aliphatic rings. The van der Waals surface area contributed by atoms with Gasteiger partial charge in [-0.25, -0.2) is 0 Å². The van der Waals surface area contributed by atoms with E-state index in [1.807, 2.05) is 7.05 Å². The number of nitrogens with zero attached hydrogens (tertiary/aromatic N) is 2. The Hall–Kier alpha value is -0.640. The van der Waals surface area contributed by atoms with Crippen LogP contribution in [0.25, 0.3) is 0 Å². The number of likely N-dealkylation sites (N-methyl/N-ethyl adjacent to an activating group) is 1. The molecule has 0 radical (unpaired) electrons. The average molecular weight is 186 g/mol. The normalized spacial score (nSPS) is 18.8. The Morgan fingerprint density at radius 1 is 1.54 bits per heavy atom. The molecule has 13 heavy (non-hydrogen) atoms. The van der Waals surface area contributed by atoms with Gasteiger partial charge in [-0.1, -0.05) is 6.42 Å². The molecule has 0 bridgehead atoms. The fourth-order valence-electron chi connectivity index (χ4n) is 1.62. The van der Waals surface area contributed by atoms with E-state index in [2.05, 4.69) is 4.90 Å². The highest BCUT2D eigenvalue weighted by Crippen LogP contribution is 2.25. The summed E-state index contributed by atoms with van der Waals surface area (Å²) >= 11 is 0. The van der Waals surface area contributed by atoms with Crippen LogP contribution >= 0.6 is 0 Å². The van der Waals surface area contributed by atoms with Crippen molar-refractivity contribution in [2.45, 2.75) is 44.7 Å². The maximum Gasteiger partial charge on any atom is 0.229 e. The SMILES string of the molecule is CN(CC(C)(C)[N+](=O)[O-])C1CCC1. The lowest BCUT2D eigenvalue weighted by molar-refractivity contribution is -0.561. The highest BCUT2D eigenvalue weighted by atomic mass is 16.6. The average Bonchev–Trinajstić information content (AvgIpc) is 1.80. The Morgan fingerprint density at radius 2 is 2.08 bits per heavy atom. The molecule has 0 aromatic carbocycles. The lowest BCUT2D eigenvalue weighted by atomic mass is 9.90. The minimum absolute atomic E-state index is 0.192. The van der Waals surface area contributed by atoms with Crippen LogP contribution in [0.4, 0.5) is 0 Å². The Labute approximate surface area is 79.1 Å². The van der Waals surface area contributed by atoms with Crippen LogP contribution in [0, 0.1) is 10.1 Å². The lowest BCUT2D eigenvalue weighted by Crippen LogP contribution is -2.48. The molecule has 4 nitrogen and oxygen atoms in total. The molecule has 0 saturated heterocycles. The fourth-order valence-corrected chi connectivity index (χ4v) is 1.62. The molecular weight excluding hydrogens is 168 g/mol. The minimum atomic E-state index is -0.815. The van der Waals surface area contributed by atoms with Gasteiger partial charge in [0.2, 0.25) is 5.54 Å². The molecule has 0 unspecified atom stereocenters. The molecule has 0 amide bonds. The molecule has 0 aliphatic heterocycles. The number of hydrogen-bond donors (Lipinski definition) is 0. The highest BCUT2D eigenvalue weighted by Gasteiger charge is 2.35. The van der Waals surface area contributed by atoms with E-state index >= 15 is 0 Å². The van der Waals surface area contributed by atoms with E-state index in [-0.39, 0.29) is 4.92 Å². The Balaban J connectivity index is 2.41. The topological polar surface area (TPSA) is 46.4 Å². The number of nitro groups is 1. The molecule has 76 valence electrons. The van der Waals surface area contributed by atoms with Crippen LogP contribution in [-0.4, -0.2) is 35.0 Å². The van der Waals surface area contributed by atoms with Crippen molar-refractivity contribution in [2.24, 2.45) is 0 Å². The minimum Gasteiger partial charge on any atom is -0.297 e.